The topological polar surface area (TPSA) is 107 Å². The third-order valence-electron chi connectivity index (χ3n) is 5.52. The van der Waals surface area contributed by atoms with Gasteiger partial charge >= 0.3 is 5.69 Å². The predicted octanol–water partition coefficient (Wildman–Crippen LogP) is 2.38. The van der Waals surface area contributed by atoms with Crippen molar-refractivity contribution in [2.75, 3.05) is 14.2 Å². The lowest BCUT2D eigenvalue weighted by Gasteiger charge is -2.21. The summed E-state index contributed by atoms with van der Waals surface area (Å²) in [5, 5.41) is 11.6. The summed E-state index contributed by atoms with van der Waals surface area (Å²) >= 11 is 0. The van der Waals surface area contributed by atoms with Crippen LogP contribution in [-0.4, -0.2) is 39.5 Å². The Labute approximate surface area is 177 Å². The van der Waals surface area contributed by atoms with Crippen LogP contribution in [-0.2, 0) is 13.7 Å². The lowest BCUT2D eigenvalue weighted by Crippen LogP contribution is -2.23. The zero-order chi connectivity index (χ0) is 21.7. The maximum Gasteiger partial charge on any atom is 0.333 e. The quantitative estimate of drug-likeness (QED) is 0.495. The van der Waals surface area contributed by atoms with Crippen molar-refractivity contribution in [2.45, 2.75) is 6.61 Å². The first-order valence-electron chi connectivity index (χ1n) is 9.67. The van der Waals surface area contributed by atoms with Crippen LogP contribution >= 0.6 is 0 Å². The summed E-state index contributed by atoms with van der Waals surface area (Å²) in [6, 6.07) is 5.46. The summed E-state index contributed by atoms with van der Waals surface area (Å²) in [5.74, 6) is 1.01. The Balaban J connectivity index is 2.07. The van der Waals surface area contributed by atoms with Gasteiger partial charge in [-0.3, -0.25) is 19.1 Å². The van der Waals surface area contributed by atoms with E-state index in [2.05, 4.69) is 15.3 Å². The molecule has 0 aliphatic carbocycles. The number of fused-ring (bicyclic) bond motifs is 2. The molecule has 2 N–H and O–H groups in total. The van der Waals surface area contributed by atoms with Gasteiger partial charge in [-0.25, -0.2) is 4.79 Å². The average molecular weight is 416 g/mol. The Bertz CT molecular complexity index is 1460. The summed E-state index contributed by atoms with van der Waals surface area (Å²) in [7, 11) is 5.04. The van der Waals surface area contributed by atoms with Crippen LogP contribution in [0.2, 0.25) is 0 Å². The van der Waals surface area contributed by atoms with E-state index < -0.39 is 0 Å². The fourth-order valence-corrected chi connectivity index (χ4v) is 4.12. The van der Waals surface area contributed by atoms with Gasteiger partial charge in [-0.15, -0.1) is 0 Å². The Morgan fingerprint density at radius 2 is 2.23 bits per heavy atom. The van der Waals surface area contributed by atoms with Crippen LogP contribution in [0, 0.1) is 5.41 Å². The molecule has 9 heteroatoms. The number of aromatic nitrogens is 4. The Morgan fingerprint density at radius 3 is 2.97 bits per heavy atom. The lowest BCUT2D eigenvalue weighted by atomic mass is 10.00. The smallest absolute Gasteiger partial charge is 0.333 e. The van der Waals surface area contributed by atoms with Gasteiger partial charge in [-0.2, -0.15) is 0 Å². The second kappa shape index (κ2) is 6.98. The predicted molar refractivity (Wildman–Crippen MR) is 118 cm³/mol. The van der Waals surface area contributed by atoms with Crippen LogP contribution in [0.5, 0.6) is 11.5 Å². The number of hydrogen-bond donors (Lipinski definition) is 2. The van der Waals surface area contributed by atoms with Crippen molar-refractivity contribution in [3.8, 4) is 17.2 Å². The maximum absolute atomic E-state index is 13.3. The van der Waals surface area contributed by atoms with Gasteiger partial charge in [0, 0.05) is 44.3 Å². The molecule has 0 fully saturated rings. The minimum atomic E-state index is -0.193. The third-order valence-corrected chi connectivity index (χ3v) is 5.52. The average Bonchev–Trinajstić information content (AvgIpc) is 3.04. The SMILES string of the molecule is CN/C=C(\C=N)c1c(OC)cc2ncc3c4c2c1OCc1ncccc1-n4c(=O)n3C. The molecule has 0 spiro atoms. The number of pyridine rings is 2. The molecule has 1 aliphatic rings. The molecule has 31 heavy (non-hydrogen) atoms. The molecule has 0 radical (unpaired) electrons. The molecule has 3 aromatic heterocycles. The molecule has 156 valence electrons. The number of nitrogens with zero attached hydrogens (tertiary/aromatic N) is 4. The number of aryl methyl sites for hydroxylation is 1. The Kier molecular flexibility index (Phi) is 4.25. The van der Waals surface area contributed by atoms with Crippen molar-refractivity contribution in [1.82, 2.24) is 24.4 Å². The largest absolute Gasteiger partial charge is 0.496 e. The van der Waals surface area contributed by atoms with Crippen LogP contribution < -0.4 is 20.5 Å². The zero-order valence-electron chi connectivity index (χ0n) is 17.3. The molecular formula is C22H20N6O3. The summed E-state index contributed by atoms with van der Waals surface area (Å²) in [6.07, 6.45) is 6.29. The molecule has 0 saturated carbocycles. The van der Waals surface area contributed by atoms with E-state index in [0.717, 1.165) is 0 Å². The first kappa shape index (κ1) is 18.9. The summed E-state index contributed by atoms with van der Waals surface area (Å²) in [6.45, 7) is 0.146. The molecule has 0 atom stereocenters. The molecule has 0 bridgehead atoms. The molecule has 4 aromatic rings. The van der Waals surface area contributed by atoms with Gasteiger partial charge in [0.1, 0.15) is 23.8 Å². The number of benzene rings is 1. The highest BCUT2D eigenvalue weighted by Gasteiger charge is 2.27. The number of hydrogen-bond acceptors (Lipinski definition) is 7. The van der Waals surface area contributed by atoms with Crippen LogP contribution in [0.25, 0.3) is 33.2 Å². The minimum Gasteiger partial charge on any atom is -0.496 e. The monoisotopic (exact) mass is 416 g/mol. The van der Waals surface area contributed by atoms with Crippen LogP contribution in [0.15, 0.2) is 41.6 Å². The van der Waals surface area contributed by atoms with Crippen LogP contribution in [0.4, 0.5) is 0 Å². The van der Waals surface area contributed by atoms with E-state index in [0.29, 0.717) is 56.0 Å². The fraction of sp³-hybridized carbons (Fsp3) is 0.182. The van der Waals surface area contributed by atoms with Gasteiger partial charge in [0.25, 0.3) is 0 Å². The van der Waals surface area contributed by atoms with E-state index in [1.165, 1.54) is 6.21 Å². The number of methoxy groups -OCH3 is 1. The number of rotatable bonds is 4. The first-order chi connectivity index (χ1) is 15.1. The van der Waals surface area contributed by atoms with Gasteiger partial charge in [0.2, 0.25) is 0 Å². The lowest BCUT2D eigenvalue weighted by molar-refractivity contribution is 0.301. The number of nitrogens with one attached hydrogen (secondary N) is 2. The number of allylic oxidation sites excluding steroid dienone is 1. The van der Waals surface area contributed by atoms with Crippen molar-refractivity contribution in [1.29, 1.82) is 5.41 Å². The second-order valence-corrected chi connectivity index (χ2v) is 7.14. The van der Waals surface area contributed by atoms with Gasteiger partial charge in [0.15, 0.2) is 0 Å². The van der Waals surface area contributed by atoms with Crippen LogP contribution in [0.3, 0.4) is 0 Å². The first-order valence-corrected chi connectivity index (χ1v) is 9.67. The van der Waals surface area contributed by atoms with E-state index in [1.807, 2.05) is 6.07 Å². The molecule has 4 heterocycles. The van der Waals surface area contributed by atoms with Crippen molar-refractivity contribution >= 4 is 33.7 Å². The van der Waals surface area contributed by atoms with E-state index in [-0.39, 0.29) is 12.3 Å². The minimum absolute atomic E-state index is 0.146. The maximum atomic E-state index is 13.3. The Morgan fingerprint density at radius 1 is 1.39 bits per heavy atom. The van der Waals surface area contributed by atoms with Gasteiger partial charge in [-0.1, -0.05) is 0 Å². The highest BCUT2D eigenvalue weighted by Crippen LogP contribution is 2.44. The van der Waals surface area contributed by atoms with Gasteiger partial charge < -0.3 is 20.2 Å². The molecule has 0 saturated heterocycles. The molecular weight excluding hydrogens is 396 g/mol. The van der Waals surface area contributed by atoms with Crippen molar-refractivity contribution < 1.29 is 9.47 Å². The zero-order valence-corrected chi connectivity index (χ0v) is 17.3. The van der Waals surface area contributed by atoms with E-state index >= 15 is 0 Å². The highest BCUT2D eigenvalue weighted by molar-refractivity contribution is 6.16. The van der Waals surface area contributed by atoms with Crippen molar-refractivity contribution in [3.05, 3.63) is 58.5 Å². The summed E-state index contributed by atoms with van der Waals surface area (Å²) in [5.41, 5.74) is 4.27. The molecule has 9 nitrogen and oxygen atoms in total. The fourth-order valence-electron chi connectivity index (χ4n) is 4.12. The van der Waals surface area contributed by atoms with Gasteiger partial charge in [-0.05, 0) is 12.1 Å². The highest BCUT2D eigenvalue weighted by atomic mass is 16.5. The standard InChI is InChI=1S/C22H20N6O3/c1-24-9-12(8-23)18-17(30-3)7-13-19-20-16(10-26-13)27(2)22(29)28(20)15-5-4-6-25-14(15)11-31-21(18)19/h4-10,23-24H,11H2,1-3H3/b12-9+,23-8?. The van der Waals surface area contributed by atoms with Crippen LogP contribution in [0.1, 0.15) is 11.3 Å². The van der Waals surface area contributed by atoms with Crippen molar-refractivity contribution in [2.24, 2.45) is 7.05 Å². The Hall–Kier alpha value is -4.14. The van der Waals surface area contributed by atoms with Crippen molar-refractivity contribution in [3.63, 3.8) is 0 Å². The van der Waals surface area contributed by atoms with E-state index in [9.17, 15) is 4.79 Å². The molecule has 1 aliphatic heterocycles. The van der Waals surface area contributed by atoms with E-state index in [4.69, 9.17) is 14.9 Å². The normalized spacial score (nSPS) is 12.9. The third kappa shape index (κ3) is 2.56. The van der Waals surface area contributed by atoms with E-state index in [1.54, 1.807) is 61.1 Å². The summed E-state index contributed by atoms with van der Waals surface area (Å²) in [4.78, 5) is 22.3. The molecule has 5 rings (SSSR count). The molecule has 0 unspecified atom stereocenters. The van der Waals surface area contributed by atoms with Gasteiger partial charge in [0.05, 0.1) is 46.5 Å². The number of ether oxygens (including phenoxy) is 2. The summed E-state index contributed by atoms with van der Waals surface area (Å²) < 4.78 is 15.2. The molecule has 1 aromatic carbocycles. The number of imidazole rings is 1. The molecule has 0 amide bonds. The second-order valence-electron chi connectivity index (χ2n) is 7.14.